The molecule has 0 heterocycles. The lowest BCUT2D eigenvalue weighted by Gasteiger charge is -2.16. The van der Waals surface area contributed by atoms with Gasteiger partial charge in [0.2, 0.25) is 0 Å². The summed E-state index contributed by atoms with van der Waals surface area (Å²) in [6, 6.07) is 9.29. The first kappa shape index (κ1) is 15.5. The van der Waals surface area contributed by atoms with E-state index >= 15 is 0 Å². The van der Waals surface area contributed by atoms with Crippen molar-refractivity contribution in [2.24, 2.45) is 5.73 Å². The summed E-state index contributed by atoms with van der Waals surface area (Å²) in [5.41, 5.74) is 8.21. The average molecular weight is 308 g/mol. The molecule has 2 aromatic rings. The molecule has 0 atom stereocenters. The fourth-order valence-corrected chi connectivity index (χ4v) is 2.46. The van der Waals surface area contributed by atoms with Gasteiger partial charge in [0.25, 0.3) is 0 Å². The molecule has 0 saturated heterocycles. The van der Waals surface area contributed by atoms with E-state index in [2.05, 4.69) is 0 Å². The number of nitrogens with two attached hydrogens (primary N) is 1. The van der Waals surface area contributed by atoms with Crippen LogP contribution in [0.15, 0.2) is 30.3 Å². The number of rotatable bonds is 5. The van der Waals surface area contributed by atoms with Gasteiger partial charge in [-0.3, -0.25) is 0 Å². The van der Waals surface area contributed by atoms with Crippen molar-refractivity contribution in [1.82, 2.24) is 0 Å². The Morgan fingerprint density at radius 1 is 0.952 bits per heavy atom. The van der Waals surface area contributed by atoms with Crippen LogP contribution in [0, 0.1) is 0 Å². The molecule has 0 radical (unpaired) electrons. The minimum Gasteiger partial charge on any atom is -0.496 e. The summed E-state index contributed by atoms with van der Waals surface area (Å²) >= 11 is 6.38. The summed E-state index contributed by atoms with van der Waals surface area (Å²) in [4.78, 5) is 0. The Labute approximate surface area is 129 Å². The van der Waals surface area contributed by atoms with Gasteiger partial charge in [0.15, 0.2) is 0 Å². The molecule has 0 saturated carbocycles. The molecule has 0 aliphatic carbocycles. The number of benzene rings is 2. The summed E-state index contributed by atoms with van der Waals surface area (Å²) in [5, 5.41) is 0.597. The Kier molecular flexibility index (Phi) is 4.94. The molecule has 2 aromatic carbocycles. The molecule has 5 heteroatoms. The van der Waals surface area contributed by atoms with E-state index in [1.165, 1.54) is 0 Å². The predicted molar refractivity (Wildman–Crippen MR) is 84.4 cm³/mol. The van der Waals surface area contributed by atoms with Crippen molar-refractivity contribution >= 4 is 11.6 Å². The fourth-order valence-electron chi connectivity index (χ4n) is 2.16. The van der Waals surface area contributed by atoms with Crippen LogP contribution in [-0.4, -0.2) is 21.3 Å². The van der Waals surface area contributed by atoms with Crippen molar-refractivity contribution in [2.45, 2.75) is 6.54 Å². The van der Waals surface area contributed by atoms with Crippen LogP contribution in [0.1, 0.15) is 5.56 Å². The highest BCUT2D eigenvalue weighted by atomic mass is 35.5. The van der Waals surface area contributed by atoms with Crippen LogP contribution in [0.3, 0.4) is 0 Å². The van der Waals surface area contributed by atoms with E-state index in [1.54, 1.807) is 33.5 Å². The van der Waals surface area contributed by atoms with Gasteiger partial charge < -0.3 is 19.9 Å². The van der Waals surface area contributed by atoms with Crippen LogP contribution < -0.4 is 19.9 Å². The number of hydrogen-bond acceptors (Lipinski definition) is 4. The number of halogens is 1. The van der Waals surface area contributed by atoms with E-state index in [-0.39, 0.29) is 0 Å². The third-order valence-electron chi connectivity index (χ3n) is 3.25. The van der Waals surface area contributed by atoms with Gasteiger partial charge in [-0.05, 0) is 11.6 Å². The Morgan fingerprint density at radius 2 is 1.57 bits per heavy atom. The van der Waals surface area contributed by atoms with Gasteiger partial charge in [-0.25, -0.2) is 0 Å². The van der Waals surface area contributed by atoms with Gasteiger partial charge in [0, 0.05) is 29.3 Å². The minimum absolute atomic E-state index is 0.441. The van der Waals surface area contributed by atoms with Crippen LogP contribution in [-0.2, 0) is 6.54 Å². The second kappa shape index (κ2) is 6.70. The quantitative estimate of drug-likeness (QED) is 0.918. The van der Waals surface area contributed by atoms with Crippen molar-refractivity contribution in [3.63, 3.8) is 0 Å². The summed E-state index contributed by atoms with van der Waals surface area (Å²) in [7, 11) is 4.79. The third kappa shape index (κ3) is 3.06. The van der Waals surface area contributed by atoms with Gasteiger partial charge in [-0.2, -0.15) is 0 Å². The van der Waals surface area contributed by atoms with Gasteiger partial charge in [-0.15, -0.1) is 0 Å². The molecule has 0 spiro atoms. The molecule has 2 rings (SSSR count). The highest BCUT2D eigenvalue weighted by Crippen LogP contribution is 2.44. The first-order valence-corrected chi connectivity index (χ1v) is 6.81. The minimum atomic E-state index is 0.441. The van der Waals surface area contributed by atoms with E-state index in [0.717, 1.165) is 16.7 Å². The maximum Gasteiger partial charge on any atom is 0.134 e. The Balaban J connectivity index is 2.67. The van der Waals surface area contributed by atoms with Gasteiger partial charge in [-0.1, -0.05) is 23.7 Å². The largest absolute Gasteiger partial charge is 0.496 e. The van der Waals surface area contributed by atoms with Crippen LogP contribution in [0.4, 0.5) is 0 Å². The summed E-state index contributed by atoms with van der Waals surface area (Å²) in [6.45, 7) is 0.441. The molecular formula is C16H18ClNO3. The maximum absolute atomic E-state index is 6.38. The van der Waals surface area contributed by atoms with Gasteiger partial charge in [0.05, 0.1) is 26.9 Å². The van der Waals surface area contributed by atoms with Crippen LogP contribution in [0.2, 0.25) is 5.02 Å². The molecule has 0 aliphatic rings. The van der Waals surface area contributed by atoms with Gasteiger partial charge >= 0.3 is 0 Å². The van der Waals surface area contributed by atoms with Crippen molar-refractivity contribution < 1.29 is 14.2 Å². The molecule has 0 bridgehead atoms. The Morgan fingerprint density at radius 3 is 2.00 bits per heavy atom. The summed E-state index contributed by atoms with van der Waals surface area (Å²) in [5.74, 6) is 1.92. The smallest absolute Gasteiger partial charge is 0.134 e. The average Bonchev–Trinajstić information content (AvgIpc) is 2.53. The molecule has 0 aromatic heterocycles. The molecule has 112 valence electrons. The number of methoxy groups -OCH3 is 3. The molecule has 0 fully saturated rings. The Hall–Kier alpha value is -1.91. The second-order valence-corrected chi connectivity index (χ2v) is 4.83. The summed E-state index contributed by atoms with van der Waals surface area (Å²) in [6.07, 6.45) is 0. The first-order chi connectivity index (χ1) is 10.1. The van der Waals surface area contributed by atoms with Crippen molar-refractivity contribution in [1.29, 1.82) is 0 Å². The van der Waals surface area contributed by atoms with E-state index in [9.17, 15) is 0 Å². The fraction of sp³-hybridized carbons (Fsp3) is 0.250. The molecule has 0 aliphatic heterocycles. The SMILES string of the molecule is COc1cc(OC)c(-c2ccc(CN)cc2Cl)c(OC)c1. The topological polar surface area (TPSA) is 53.7 Å². The summed E-state index contributed by atoms with van der Waals surface area (Å²) < 4.78 is 16.2. The first-order valence-electron chi connectivity index (χ1n) is 6.43. The Bertz CT molecular complexity index is 618. The lowest BCUT2D eigenvalue weighted by Crippen LogP contribution is -1.98. The van der Waals surface area contributed by atoms with Crippen LogP contribution in [0.25, 0.3) is 11.1 Å². The van der Waals surface area contributed by atoms with Crippen LogP contribution in [0.5, 0.6) is 17.2 Å². The number of hydrogen-bond donors (Lipinski definition) is 1. The zero-order chi connectivity index (χ0) is 15.4. The van der Waals surface area contributed by atoms with E-state index < -0.39 is 0 Å². The van der Waals surface area contributed by atoms with Crippen molar-refractivity contribution in [3.8, 4) is 28.4 Å². The number of ether oxygens (including phenoxy) is 3. The van der Waals surface area contributed by atoms with Crippen molar-refractivity contribution in [2.75, 3.05) is 21.3 Å². The van der Waals surface area contributed by atoms with E-state index in [1.807, 2.05) is 18.2 Å². The molecule has 2 N–H and O–H groups in total. The maximum atomic E-state index is 6.38. The molecule has 0 unspecified atom stereocenters. The zero-order valence-corrected chi connectivity index (χ0v) is 13.0. The molecule has 21 heavy (non-hydrogen) atoms. The highest BCUT2D eigenvalue weighted by Gasteiger charge is 2.17. The van der Waals surface area contributed by atoms with Gasteiger partial charge in [0.1, 0.15) is 17.2 Å². The highest BCUT2D eigenvalue weighted by molar-refractivity contribution is 6.33. The van der Waals surface area contributed by atoms with Crippen molar-refractivity contribution in [3.05, 3.63) is 40.9 Å². The second-order valence-electron chi connectivity index (χ2n) is 4.43. The standard InChI is InChI=1S/C16H18ClNO3/c1-19-11-7-14(20-2)16(15(8-11)21-3)12-5-4-10(9-18)6-13(12)17/h4-8H,9,18H2,1-3H3. The molecular weight excluding hydrogens is 290 g/mol. The zero-order valence-electron chi connectivity index (χ0n) is 12.3. The van der Waals surface area contributed by atoms with E-state index in [0.29, 0.717) is 28.8 Å². The van der Waals surface area contributed by atoms with Crippen LogP contribution >= 0.6 is 11.6 Å². The predicted octanol–water partition coefficient (Wildman–Crippen LogP) is 3.49. The third-order valence-corrected chi connectivity index (χ3v) is 3.57. The lowest BCUT2D eigenvalue weighted by atomic mass is 10.0. The lowest BCUT2D eigenvalue weighted by molar-refractivity contribution is 0.377. The normalized spacial score (nSPS) is 10.3. The molecule has 0 amide bonds. The monoisotopic (exact) mass is 307 g/mol. The van der Waals surface area contributed by atoms with E-state index in [4.69, 9.17) is 31.5 Å². The molecule has 4 nitrogen and oxygen atoms in total.